The van der Waals surface area contributed by atoms with Crippen LogP contribution in [-0.4, -0.2) is 37.5 Å². The Labute approximate surface area is 131 Å². The van der Waals surface area contributed by atoms with Gasteiger partial charge in [-0.25, -0.2) is 8.42 Å². The number of sulfonamides is 1. The summed E-state index contributed by atoms with van der Waals surface area (Å²) < 4.78 is 27.4. The van der Waals surface area contributed by atoms with E-state index in [-0.39, 0.29) is 11.3 Å². The summed E-state index contributed by atoms with van der Waals surface area (Å²) in [6.07, 6.45) is 2.08. The molecule has 0 aliphatic heterocycles. The van der Waals surface area contributed by atoms with Crippen molar-refractivity contribution in [1.29, 1.82) is 0 Å². The van der Waals surface area contributed by atoms with E-state index in [4.69, 9.17) is 5.11 Å². The molecule has 0 aromatic heterocycles. The maximum absolute atomic E-state index is 12.2. The summed E-state index contributed by atoms with van der Waals surface area (Å²) in [6, 6.07) is 3.45. The first-order valence-electron chi connectivity index (χ1n) is 5.78. The van der Waals surface area contributed by atoms with E-state index in [1.165, 1.54) is 23.9 Å². The van der Waals surface area contributed by atoms with Crippen molar-refractivity contribution in [3.8, 4) is 0 Å². The van der Waals surface area contributed by atoms with Gasteiger partial charge in [-0.15, -0.1) is 0 Å². The lowest BCUT2D eigenvalue weighted by atomic mass is 10.2. The monoisotopic (exact) mass is 381 g/mol. The Morgan fingerprint density at radius 3 is 2.65 bits per heavy atom. The number of hydrogen-bond acceptors (Lipinski definition) is 4. The zero-order valence-electron chi connectivity index (χ0n) is 11.1. The molecule has 0 spiro atoms. The van der Waals surface area contributed by atoms with Gasteiger partial charge in [0.05, 0.1) is 4.90 Å². The first-order chi connectivity index (χ1) is 9.27. The normalized spacial score (nSPS) is 13.2. The summed E-state index contributed by atoms with van der Waals surface area (Å²) >= 11 is 4.76. The van der Waals surface area contributed by atoms with Crippen molar-refractivity contribution in [2.75, 3.05) is 12.0 Å². The summed E-state index contributed by atoms with van der Waals surface area (Å²) in [5, 5.41) is 9.07. The smallest absolute Gasteiger partial charge is 0.321 e. The van der Waals surface area contributed by atoms with E-state index in [2.05, 4.69) is 20.7 Å². The highest BCUT2D eigenvalue weighted by molar-refractivity contribution is 9.10. The van der Waals surface area contributed by atoms with Crippen molar-refractivity contribution in [3.05, 3.63) is 28.2 Å². The molecule has 0 fully saturated rings. The van der Waals surface area contributed by atoms with Gasteiger partial charge in [0.1, 0.15) is 6.04 Å². The van der Waals surface area contributed by atoms with Crippen LogP contribution < -0.4 is 4.72 Å². The van der Waals surface area contributed by atoms with Gasteiger partial charge in [0.25, 0.3) is 0 Å². The van der Waals surface area contributed by atoms with Crippen LogP contribution in [0.5, 0.6) is 0 Å². The number of nitrogens with one attached hydrogen (secondary N) is 1. The highest BCUT2D eigenvalue weighted by atomic mass is 79.9. The number of carbonyl (C=O) groups is 1. The van der Waals surface area contributed by atoms with E-state index in [0.29, 0.717) is 5.75 Å². The van der Waals surface area contributed by atoms with Crippen LogP contribution in [0.4, 0.5) is 0 Å². The predicted octanol–water partition coefficient (Wildman–Crippen LogP) is 2.24. The van der Waals surface area contributed by atoms with Crippen molar-refractivity contribution in [3.63, 3.8) is 0 Å². The molecule has 0 unspecified atom stereocenters. The number of hydrogen-bond donors (Lipinski definition) is 2. The van der Waals surface area contributed by atoms with Gasteiger partial charge in [0.2, 0.25) is 10.0 Å². The van der Waals surface area contributed by atoms with Crippen LogP contribution in [0.25, 0.3) is 0 Å². The van der Waals surface area contributed by atoms with Gasteiger partial charge in [0.15, 0.2) is 0 Å². The number of aryl methyl sites for hydroxylation is 1. The molecule has 2 N–H and O–H groups in total. The summed E-state index contributed by atoms with van der Waals surface area (Å²) in [4.78, 5) is 11.2. The fourth-order valence-corrected chi connectivity index (χ4v) is 3.53. The largest absolute Gasteiger partial charge is 0.480 e. The molecule has 112 valence electrons. The summed E-state index contributed by atoms with van der Waals surface area (Å²) in [7, 11) is -3.84. The van der Waals surface area contributed by atoms with Crippen LogP contribution in [-0.2, 0) is 14.8 Å². The van der Waals surface area contributed by atoms with Gasteiger partial charge in [-0.3, -0.25) is 4.79 Å². The zero-order chi connectivity index (χ0) is 15.3. The highest BCUT2D eigenvalue weighted by Crippen LogP contribution is 2.20. The van der Waals surface area contributed by atoms with Crippen molar-refractivity contribution in [1.82, 2.24) is 4.72 Å². The number of carboxylic acids is 1. The minimum Gasteiger partial charge on any atom is -0.480 e. The van der Waals surface area contributed by atoms with Crippen LogP contribution >= 0.6 is 27.7 Å². The number of benzene rings is 1. The molecule has 8 heteroatoms. The molecule has 20 heavy (non-hydrogen) atoms. The molecule has 0 bridgehead atoms. The molecule has 1 aromatic carbocycles. The van der Waals surface area contributed by atoms with Crippen LogP contribution in [0.3, 0.4) is 0 Å². The lowest BCUT2D eigenvalue weighted by Crippen LogP contribution is -2.41. The first-order valence-corrected chi connectivity index (χ1v) is 9.45. The molecule has 0 aliphatic rings. The van der Waals surface area contributed by atoms with Gasteiger partial charge in [-0.1, -0.05) is 15.9 Å². The van der Waals surface area contributed by atoms with Crippen molar-refractivity contribution in [2.24, 2.45) is 0 Å². The molecule has 1 atom stereocenters. The average molecular weight is 382 g/mol. The van der Waals surface area contributed by atoms with Crippen LogP contribution in [0, 0.1) is 6.92 Å². The maximum Gasteiger partial charge on any atom is 0.321 e. The quantitative estimate of drug-likeness (QED) is 0.756. The van der Waals surface area contributed by atoms with Gasteiger partial charge < -0.3 is 5.11 Å². The molecule has 5 nitrogen and oxygen atoms in total. The third-order valence-electron chi connectivity index (χ3n) is 2.65. The molecule has 1 aromatic rings. The lowest BCUT2D eigenvalue weighted by Gasteiger charge is -2.14. The first kappa shape index (κ1) is 17.5. The van der Waals surface area contributed by atoms with Crippen molar-refractivity contribution in [2.45, 2.75) is 24.3 Å². The Balaban J connectivity index is 2.97. The van der Waals surface area contributed by atoms with E-state index in [1.54, 1.807) is 13.0 Å². The van der Waals surface area contributed by atoms with Gasteiger partial charge in [0, 0.05) is 4.47 Å². The number of thioether (sulfide) groups is 1. The summed E-state index contributed by atoms with van der Waals surface area (Å²) in [6.45, 7) is 1.77. The number of halogens is 1. The molecule has 0 saturated carbocycles. The molecule has 0 saturated heterocycles. The Kier molecular flexibility index (Phi) is 6.50. The lowest BCUT2D eigenvalue weighted by molar-refractivity contribution is -0.139. The summed E-state index contributed by atoms with van der Waals surface area (Å²) in [5.41, 5.74) is 0.767. The summed E-state index contributed by atoms with van der Waals surface area (Å²) in [5.74, 6) is -0.602. The number of aliphatic carboxylic acids is 1. The van der Waals surface area contributed by atoms with Gasteiger partial charge in [-0.2, -0.15) is 16.5 Å². The van der Waals surface area contributed by atoms with Crippen LogP contribution in [0.2, 0.25) is 0 Å². The van der Waals surface area contributed by atoms with E-state index in [1.807, 2.05) is 6.26 Å². The fourth-order valence-electron chi connectivity index (χ4n) is 1.51. The van der Waals surface area contributed by atoms with E-state index in [0.717, 1.165) is 10.0 Å². The maximum atomic E-state index is 12.2. The third kappa shape index (κ3) is 4.76. The Bertz CT molecular complexity index is 589. The Morgan fingerprint density at radius 2 is 2.15 bits per heavy atom. The topological polar surface area (TPSA) is 83.5 Å². The molecule has 1 rings (SSSR count). The van der Waals surface area contributed by atoms with Gasteiger partial charge >= 0.3 is 5.97 Å². The SMILES string of the molecule is CSCC[C@@H](NS(=O)(=O)c1ccc(Br)c(C)c1)C(=O)O. The van der Waals surface area contributed by atoms with Gasteiger partial charge in [-0.05, 0) is 49.1 Å². The fraction of sp³-hybridized carbons (Fsp3) is 0.417. The second-order valence-electron chi connectivity index (χ2n) is 4.20. The van der Waals surface area contributed by atoms with E-state index < -0.39 is 22.0 Å². The highest BCUT2D eigenvalue weighted by Gasteiger charge is 2.25. The average Bonchev–Trinajstić information content (AvgIpc) is 2.37. The van der Waals surface area contributed by atoms with Crippen molar-refractivity contribution >= 4 is 43.7 Å². The Hall–Kier alpha value is -0.570. The number of carboxylic acid groups (broad SMARTS) is 1. The zero-order valence-corrected chi connectivity index (χ0v) is 14.3. The third-order valence-corrected chi connectivity index (χ3v) is 5.65. The standard InChI is InChI=1S/C12H16BrNO4S2/c1-8-7-9(3-4-10(8)13)20(17,18)14-11(12(15)16)5-6-19-2/h3-4,7,11,14H,5-6H2,1-2H3,(H,15,16)/t11-/m1/s1. The van der Waals surface area contributed by atoms with E-state index in [9.17, 15) is 13.2 Å². The van der Waals surface area contributed by atoms with E-state index >= 15 is 0 Å². The predicted molar refractivity (Wildman–Crippen MR) is 83.6 cm³/mol. The van der Waals surface area contributed by atoms with Crippen LogP contribution in [0.15, 0.2) is 27.6 Å². The minimum absolute atomic E-state index is 0.0635. The molecule has 0 aliphatic carbocycles. The van der Waals surface area contributed by atoms with Crippen LogP contribution in [0.1, 0.15) is 12.0 Å². The molecular weight excluding hydrogens is 366 g/mol. The Morgan fingerprint density at radius 1 is 1.50 bits per heavy atom. The van der Waals surface area contributed by atoms with Crippen molar-refractivity contribution < 1.29 is 18.3 Å². The number of rotatable bonds is 7. The minimum atomic E-state index is -3.84. The second kappa shape index (κ2) is 7.44. The molecule has 0 heterocycles. The molecular formula is C12H16BrNO4S2. The molecule has 0 radical (unpaired) electrons. The second-order valence-corrected chi connectivity index (χ2v) is 7.76. The molecule has 0 amide bonds.